The second kappa shape index (κ2) is 8.65. The van der Waals surface area contributed by atoms with Gasteiger partial charge in [-0.15, -0.1) is 0 Å². The molecule has 0 spiro atoms. The van der Waals surface area contributed by atoms with Crippen molar-refractivity contribution in [2.45, 2.75) is 13.8 Å². The van der Waals surface area contributed by atoms with Crippen LogP contribution in [0, 0.1) is 13.8 Å². The van der Waals surface area contributed by atoms with Crippen molar-refractivity contribution < 1.29 is 0 Å². The van der Waals surface area contributed by atoms with Crippen LogP contribution < -0.4 is 0 Å². The first-order chi connectivity index (χ1) is 19.7. The van der Waals surface area contributed by atoms with Crippen LogP contribution in [0.5, 0.6) is 0 Å². The lowest BCUT2D eigenvalue weighted by atomic mass is 10.0. The Bertz CT molecular complexity index is 2220. The Morgan fingerprint density at radius 1 is 0.475 bits per heavy atom. The highest BCUT2D eigenvalue weighted by Gasteiger charge is 2.18. The van der Waals surface area contributed by atoms with Crippen molar-refractivity contribution in [3.63, 3.8) is 0 Å². The average molecular weight is 515 g/mol. The molecule has 0 fully saturated rings. The predicted molar refractivity (Wildman–Crippen MR) is 166 cm³/mol. The van der Waals surface area contributed by atoms with Crippen molar-refractivity contribution in [2.75, 3.05) is 0 Å². The molecule has 0 aliphatic carbocycles. The lowest BCUT2D eigenvalue weighted by molar-refractivity contribution is 1.02. The zero-order valence-corrected chi connectivity index (χ0v) is 22.3. The number of fused-ring (bicyclic) bond motifs is 6. The van der Waals surface area contributed by atoms with Crippen molar-refractivity contribution in [1.29, 1.82) is 0 Å². The normalized spacial score (nSPS) is 11.8. The second-order valence-corrected chi connectivity index (χ2v) is 10.4. The highest BCUT2D eigenvalue weighted by atomic mass is 15.1. The minimum atomic E-state index is 0.783. The molecule has 0 aliphatic rings. The summed E-state index contributed by atoms with van der Waals surface area (Å²) in [6, 6.07) is 43.3. The number of rotatable bonds is 3. The van der Waals surface area contributed by atoms with Crippen molar-refractivity contribution in [3.8, 4) is 22.5 Å². The van der Waals surface area contributed by atoms with Gasteiger partial charge in [0.2, 0.25) is 0 Å². The lowest BCUT2D eigenvalue weighted by Gasteiger charge is -2.09. The average Bonchev–Trinajstić information content (AvgIpc) is 3.50. The van der Waals surface area contributed by atoms with Crippen LogP contribution in [0.2, 0.25) is 0 Å². The van der Waals surface area contributed by atoms with E-state index in [4.69, 9.17) is 9.97 Å². The molecular weight excluding hydrogens is 488 g/mol. The van der Waals surface area contributed by atoms with Gasteiger partial charge in [0.05, 0.1) is 22.2 Å². The highest BCUT2D eigenvalue weighted by molar-refractivity contribution is 6.12. The molecule has 0 N–H and O–H groups in total. The minimum absolute atomic E-state index is 0.783. The molecule has 0 atom stereocenters. The number of hydrogen-bond donors (Lipinski definition) is 0. The first kappa shape index (κ1) is 22.7. The van der Waals surface area contributed by atoms with E-state index in [1.807, 2.05) is 13.0 Å². The van der Waals surface area contributed by atoms with Gasteiger partial charge in [-0.2, -0.15) is 0 Å². The summed E-state index contributed by atoms with van der Waals surface area (Å²) < 4.78 is 4.61. The Kier molecular flexibility index (Phi) is 4.92. The summed E-state index contributed by atoms with van der Waals surface area (Å²) in [7, 11) is 0. The molecule has 0 aliphatic heterocycles. The predicted octanol–water partition coefficient (Wildman–Crippen LogP) is 8.95. The fourth-order valence-corrected chi connectivity index (χ4v) is 6.24. The SMILES string of the molecule is Cc1nc(C)c2c3cc(-c4ccc5c(c4)c4ccccc4n5-c4ccccc4)ccc3n(-c3ccccc3)c2n1. The molecule has 0 amide bonds. The maximum atomic E-state index is 4.91. The molecular formula is C36H26N4. The molecule has 0 saturated heterocycles. The van der Waals surface area contributed by atoms with Gasteiger partial charge >= 0.3 is 0 Å². The molecule has 3 heterocycles. The van der Waals surface area contributed by atoms with E-state index in [1.54, 1.807) is 0 Å². The molecule has 3 aromatic heterocycles. The van der Waals surface area contributed by atoms with Crippen LogP contribution in [0.1, 0.15) is 11.5 Å². The van der Waals surface area contributed by atoms with E-state index in [2.05, 4.69) is 131 Å². The number of aryl methyl sites for hydroxylation is 2. The molecule has 4 heteroatoms. The van der Waals surface area contributed by atoms with Crippen molar-refractivity contribution >= 4 is 43.7 Å². The Morgan fingerprint density at radius 3 is 1.73 bits per heavy atom. The van der Waals surface area contributed by atoms with E-state index in [9.17, 15) is 0 Å². The molecule has 4 nitrogen and oxygen atoms in total. The molecule has 8 rings (SSSR count). The lowest BCUT2D eigenvalue weighted by Crippen LogP contribution is -1.98. The first-order valence-electron chi connectivity index (χ1n) is 13.6. The molecule has 190 valence electrons. The fourth-order valence-electron chi connectivity index (χ4n) is 6.24. The molecule has 8 aromatic rings. The fraction of sp³-hybridized carbons (Fsp3) is 0.0556. The Balaban J connectivity index is 1.38. The van der Waals surface area contributed by atoms with Gasteiger partial charge in [0, 0.05) is 32.9 Å². The van der Waals surface area contributed by atoms with Crippen LogP contribution in [0.15, 0.2) is 121 Å². The zero-order chi connectivity index (χ0) is 26.8. The molecule has 40 heavy (non-hydrogen) atoms. The molecule has 0 unspecified atom stereocenters. The molecule has 0 saturated carbocycles. The Labute approximate surface area is 231 Å². The first-order valence-corrected chi connectivity index (χ1v) is 13.6. The summed E-state index contributed by atoms with van der Waals surface area (Å²) >= 11 is 0. The van der Waals surface area contributed by atoms with Crippen LogP contribution in [0.3, 0.4) is 0 Å². The van der Waals surface area contributed by atoms with E-state index >= 15 is 0 Å². The van der Waals surface area contributed by atoms with Crippen LogP contribution in [0.25, 0.3) is 66.2 Å². The van der Waals surface area contributed by atoms with E-state index in [1.165, 1.54) is 44.0 Å². The zero-order valence-electron chi connectivity index (χ0n) is 22.3. The largest absolute Gasteiger partial charge is 0.309 e. The van der Waals surface area contributed by atoms with Crippen molar-refractivity contribution in [1.82, 2.24) is 19.1 Å². The van der Waals surface area contributed by atoms with E-state index in [-0.39, 0.29) is 0 Å². The van der Waals surface area contributed by atoms with Gasteiger partial charge in [0.15, 0.2) is 0 Å². The van der Waals surface area contributed by atoms with Crippen LogP contribution in [-0.4, -0.2) is 19.1 Å². The van der Waals surface area contributed by atoms with Gasteiger partial charge in [0.25, 0.3) is 0 Å². The highest BCUT2D eigenvalue weighted by Crippen LogP contribution is 2.38. The summed E-state index contributed by atoms with van der Waals surface area (Å²) in [5.74, 6) is 0.783. The van der Waals surface area contributed by atoms with Crippen molar-refractivity contribution in [3.05, 3.63) is 133 Å². The van der Waals surface area contributed by atoms with Gasteiger partial charge in [-0.05, 0) is 79.6 Å². The summed E-state index contributed by atoms with van der Waals surface area (Å²) in [6.07, 6.45) is 0. The second-order valence-electron chi connectivity index (χ2n) is 10.4. The van der Waals surface area contributed by atoms with Gasteiger partial charge in [-0.3, -0.25) is 4.57 Å². The monoisotopic (exact) mass is 514 g/mol. The minimum Gasteiger partial charge on any atom is -0.309 e. The summed E-state index contributed by atoms with van der Waals surface area (Å²) in [5, 5.41) is 4.78. The van der Waals surface area contributed by atoms with Crippen LogP contribution >= 0.6 is 0 Å². The standard InChI is InChI=1S/C36H26N4/c1-23-35-31-22-26(18-20-34(31)40(28-13-7-4-8-14-28)36(35)38-24(2)37-23)25-17-19-33-30(21-25)29-15-9-10-16-32(29)39(33)27-11-5-3-6-12-27/h3-22H,1-2H3. The molecule has 5 aromatic carbocycles. The molecule has 0 bridgehead atoms. The van der Waals surface area contributed by atoms with E-state index in [0.29, 0.717) is 0 Å². The number of nitrogens with zero attached hydrogens (tertiary/aromatic N) is 4. The number of aromatic nitrogens is 4. The van der Waals surface area contributed by atoms with E-state index in [0.717, 1.165) is 33.8 Å². The Morgan fingerprint density at radius 2 is 1.02 bits per heavy atom. The smallest absolute Gasteiger partial charge is 0.149 e. The summed E-state index contributed by atoms with van der Waals surface area (Å²) in [5.41, 5.74) is 10.1. The number of benzene rings is 5. The number of para-hydroxylation sites is 3. The summed E-state index contributed by atoms with van der Waals surface area (Å²) in [6.45, 7) is 4.05. The van der Waals surface area contributed by atoms with Gasteiger partial charge < -0.3 is 4.57 Å². The quantitative estimate of drug-likeness (QED) is 0.236. The van der Waals surface area contributed by atoms with Crippen LogP contribution in [0.4, 0.5) is 0 Å². The summed E-state index contributed by atoms with van der Waals surface area (Å²) in [4.78, 5) is 9.65. The Hall–Kier alpha value is -5.22. The maximum absolute atomic E-state index is 4.91. The van der Waals surface area contributed by atoms with Gasteiger partial charge in [-0.25, -0.2) is 9.97 Å². The van der Waals surface area contributed by atoms with Gasteiger partial charge in [0.1, 0.15) is 11.5 Å². The maximum Gasteiger partial charge on any atom is 0.149 e. The van der Waals surface area contributed by atoms with Crippen molar-refractivity contribution in [2.24, 2.45) is 0 Å². The molecule has 0 radical (unpaired) electrons. The third-order valence-electron chi connectivity index (χ3n) is 7.94. The van der Waals surface area contributed by atoms with E-state index < -0.39 is 0 Å². The third kappa shape index (κ3) is 3.33. The third-order valence-corrected chi connectivity index (χ3v) is 7.94. The topological polar surface area (TPSA) is 35.6 Å². The van der Waals surface area contributed by atoms with Crippen LogP contribution in [-0.2, 0) is 0 Å². The number of hydrogen-bond acceptors (Lipinski definition) is 2. The van der Waals surface area contributed by atoms with Gasteiger partial charge in [-0.1, -0.05) is 66.7 Å².